The minimum atomic E-state index is 0. The van der Waals surface area contributed by atoms with Crippen molar-refractivity contribution < 1.29 is 4.79 Å². The first-order chi connectivity index (χ1) is 13.7. The normalized spacial score (nSPS) is 20.6. The average molecular weight is 450 g/mol. The molecule has 1 heterocycles. The Morgan fingerprint density at radius 1 is 1.03 bits per heavy atom. The molecule has 2 aromatic carbocycles. The van der Waals surface area contributed by atoms with Gasteiger partial charge in [-0.1, -0.05) is 49.4 Å². The Kier molecular flexibility index (Phi) is 9.17. The van der Waals surface area contributed by atoms with Crippen LogP contribution < -0.4 is 5.73 Å². The molecule has 0 aromatic heterocycles. The van der Waals surface area contributed by atoms with Crippen LogP contribution >= 0.6 is 24.8 Å². The highest BCUT2D eigenvalue weighted by molar-refractivity contribution is 5.94. The van der Waals surface area contributed by atoms with Gasteiger partial charge in [0.1, 0.15) is 0 Å². The summed E-state index contributed by atoms with van der Waals surface area (Å²) >= 11 is 0. The van der Waals surface area contributed by atoms with E-state index in [1.165, 1.54) is 24.0 Å². The Bertz CT molecular complexity index is 796. The van der Waals surface area contributed by atoms with Crippen LogP contribution in [0.4, 0.5) is 0 Å². The SMILES string of the molecule is CCN(Cc1ccc(C(=O)N2C[C@@H](CN)[C@H](c3ccccc3)C2)cc1)C1CC1.Cl.Cl. The van der Waals surface area contributed by atoms with Crippen LogP contribution in [0.3, 0.4) is 0 Å². The molecule has 0 unspecified atom stereocenters. The molecule has 4 rings (SSSR count). The Balaban J connectivity index is 0.00000160. The standard InChI is InChI=1S/C24H31N3O.2ClH/c1-2-26(22-12-13-22)15-18-8-10-20(11-9-18)24(28)27-16-21(14-25)23(17-27)19-6-4-3-5-7-19;;/h3-11,21-23H,2,12-17,25H2,1H3;2*1H/t21-,23+;;/m1../s1. The number of nitrogens with zero attached hydrogens (tertiary/aromatic N) is 2. The van der Waals surface area contributed by atoms with E-state index in [4.69, 9.17) is 5.73 Å². The number of rotatable bonds is 7. The molecule has 0 bridgehead atoms. The van der Waals surface area contributed by atoms with Gasteiger partial charge in [0, 0.05) is 37.2 Å². The molecule has 30 heavy (non-hydrogen) atoms. The molecule has 1 amide bonds. The van der Waals surface area contributed by atoms with Gasteiger partial charge < -0.3 is 10.6 Å². The zero-order valence-corrected chi connectivity index (χ0v) is 19.2. The second-order valence-electron chi connectivity index (χ2n) is 8.21. The van der Waals surface area contributed by atoms with Crippen LogP contribution in [0.2, 0.25) is 0 Å². The number of hydrogen-bond donors (Lipinski definition) is 1. The molecule has 1 saturated carbocycles. The minimum absolute atomic E-state index is 0. The molecule has 164 valence electrons. The largest absolute Gasteiger partial charge is 0.338 e. The number of carbonyl (C=O) groups is 1. The number of carbonyl (C=O) groups excluding carboxylic acids is 1. The van der Waals surface area contributed by atoms with E-state index in [0.717, 1.165) is 37.8 Å². The number of amides is 1. The predicted molar refractivity (Wildman–Crippen MR) is 128 cm³/mol. The van der Waals surface area contributed by atoms with Gasteiger partial charge in [0.05, 0.1) is 0 Å². The fraction of sp³-hybridized carbons (Fsp3) is 0.458. The van der Waals surface area contributed by atoms with Crippen molar-refractivity contribution in [1.82, 2.24) is 9.80 Å². The van der Waals surface area contributed by atoms with Crippen molar-refractivity contribution in [3.63, 3.8) is 0 Å². The van der Waals surface area contributed by atoms with Gasteiger partial charge in [-0.15, -0.1) is 24.8 Å². The summed E-state index contributed by atoms with van der Waals surface area (Å²) in [5, 5.41) is 0. The molecule has 0 radical (unpaired) electrons. The molecule has 1 aliphatic carbocycles. The number of benzene rings is 2. The zero-order valence-electron chi connectivity index (χ0n) is 17.6. The molecule has 0 spiro atoms. The van der Waals surface area contributed by atoms with Crippen LogP contribution in [0, 0.1) is 5.92 Å². The van der Waals surface area contributed by atoms with Crippen LogP contribution in [-0.4, -0.2) is 47.9 Å². The molecule has 6 heteroatoms. The lowest BCUT2D eigenvalue weighted by atomic mass is 9.89. The zero-order chi connectivity index (χ0) is 19.5. The number of hydrogen-bond acceptors (Lipinski definition) is 3. The van der Waals surface area contributed by atoms with E-state index >= 15 is 0 Å². The lowest BCUT2D eigenvalue weighted by Gasteiger charge is -2.20. The molecule has 1 saturated heterocycles. The van der Waals surface area contributed by atoms with Gasteiger partial charge in [-0.2, -0.15) is 0 Å². The molecular formula is C24H33Cl2N3O. The summed E-state index contributed by atoms with van der Waals surface area (Å²) in [6.07, 6.45) is 2.65. The topological polar surface area (TPSA) is 49.6 Å². The van der Waals surface area contributed by atoms with Crippen molar-refractivity contribution in [3.8, 4) is 0 Å². The maximum absolute atomic E-state index is 13.1. The summed E-state index contributed by atoms with van der Waals surface area (Å²) < 4.78 is 0. The fourth-order valence-corrected chi connectivity index (χ4v) is 4.46. The van der Waals surface area contributed by atoms with Crippen LogP contribution in [0.5, 0.6) is 0 Å². The summed E-state index contributed by atoms with van der Waals surface area (Å²) in [6, 6.07) is 19.4. The van der Waals surface area contributed by atoms with E-state index in [-0.39, 0.29) is 30.7 Å². The molecule has 2 fully saturated rings. The van der Waals surface area contributed by atoms with E-state index in [0.29, 0.717) is 18.4 Å². The van der Waals surface area contributed by atoms with Crippen molar-refractivity contribution >= 4 is 30.7 Å². The highest BCUT2D eigenvalue weighted by atomic mass is 35.5. The Labute approximate surface area is 192 Å². The molecule has 2 atom stereocenters. The van der Waals surface area contributed by atoms with E-state index in [1.54, 1.807) is 0 Å². The predicted octanol–water partition coefficient (Wildman–Crippen LogP) is 4.33. The first-order valence-electron chi connectivity index (χ1n) is 10.6. The van der Waals surface area contributed by atoms with Gasteiger partial charge >= 0.3 is 0 Å². The van der Waals surface area contributed by atoms with Gasteiger partial charge in [0.25, 0.3) is 5.91 Å². The van der Waals surface area contributed by atoms with Gasteiger partial charge in [-0.25, -0.2) is 0 Å². The number of nitrogens with two attached hydrogens (primary N) is 1. The van der Waals surface area contributed by atoms with Gasteiger partial charge in [-0.3, -0.25) is 9.69 Å². The summed E-state index contributed by atoms with van der Waals surface area (Å²) in [7, 11) is 0. The minimum Gasteiger partial charge on any atom is -0.338 e. The molecule has 2 aliphatic rings. The van der Waals surface area contributed by atoms with E-state index in [2.05, 4.69) is 48.2 Å². The number of likely N-dealkylation sites (tertiary alicyclic amines) is 1. The maximum atomic E-state index is 13.1. The molecule has 1 aliphatic heterocycles. The van der Waals surface area contributed by atoms with Crippen LogP contribution in [0.25, 0.3) is 0 Å². The molecule has 4 nitrogen and oxygen atoms in total. The quantitative estimate of drug-likeness (QED) is 0.683. The molecule has 2 aromatic rings. The van der Waals surface area contributed by atoms with Gasteiger partial charge in [0.15, 0.2) is 0 Å². The monoisotopic (exact) mass is 449 g/mol. The lowest BCUT2D eigenvalue weighted by molar-refractivity contribution is 0.0786. The summed E-state index contributed by atoms with van der Waals surface area (Å²) in [5.41, 5.74) is 9.38. The summed E-state index contributed by atoms with van der Waals surface area (Å²) in [4.78, 5) is 17.6. The Morgan fingerprint density at radius 2 is 1.70 bits per heavy atom. The van der Waals surface area contributed by atoms with Gasteiger partial charge in [-0.05, 0) is 55.1 Å². The molecular weight excluding hydrogens is 417 g/mol. The highest BCUT2D eigenvalue weighted by Gasteiger charge is 2.35. The lowest BCUT2D eigenvalue weighted by Crippen LogP contribution is -2.30. The van der Waals surface area contributed by atoms with Crippen molar-refractivity contribution in [2.75, 3.05) is 26.2 Å². The first kappa shape index (κ1) is 24.7. The smallest absolute Gasteiger partial charge is 0.253 e. The number of halogens is 2. The van der Waals surface area contributed by atoms with Crippen molar-refractivity contribution in [2.45, 2.75) is 38.3 Å². The third-order valence-corrected chi connectivity index (χ3v) is 6.31. The van der Waals surface area contributed by atoms with E-state index in [9.17, 15) is 4.79 Å². The van der Waals surface area contributed by atoms with Gasteiger partial charge in [0.2, 0.25) is 0 Å². The van der Waals surface area contributed by atoms with Crippen LogP contribution in [0.15, 0.2) is 54.6 Å². The Hall–Kier alpha value is -1.59. The highest BCUT2D eigenvalue weighted by Crippen LogP contribution is 2.33. The molecule has 2 N–H and O–H groups in total. The van der Waals surface area contributed by atoms with E-state index in [1.807, 2.05) is 23.1 Å². The summed E-state index contributed by atoms with van der Waals surface area (Å²) in [5.74, 6) is 0.770. The van der Waals surface area contributed by atoms with E-state index < -0.39 is 0 Å². The summed E-state index contributed by atoms with van der Waals surface area (Å²) in [6.45, 7) is 6.38. The third kappa shape index (κ3) is 5.55. The maximum Gasteiger partial charge on any atom is 0.253 e. The second-order valence-corrected chi connectivity index (χ2v) is 8.21. The van der Waals surface area contributed by atoms with Crippen LogP contribution in [-0.2, 0) is 6.54 Å². The average Bonchev–Trinajstić information content (AvgIpc) is 3.50. The Morgan fingerprint density at radius 3 is 2.27 bits per heavy atom. The second kappa shape index (κ2) is 11.1. The van der Waals surface area contributed by atoms with Crippen LogP contribution in [0.1, 0.15) is 47.2 Å². The first-order valence-corrected chi connectivity index (χ1v) is 10.6. The van der Waals surface area contributed by atoms with Crippen molar-refractivity contribution in [2.24, 2.45) is 11.7 Å². The van der Waals surface area contributed by atoms with Crippen molar-refractivity contribution in [3.05, 3.63) is 71.3 Å². The fourth-order valence-electron chi connectivity index (χ4n) is 4.46. The van der Waals surface area contributed by atoms with Crippen molar-refractivity contribution in [1.29, 1.82) is 0 Å². The third-order valence-electron chi connectivity index (χ3n) is 6.31.